The van der Waals surface area contributed by atoms with Gasteiger partial charge in [-0.2, -0.15) is 0 Å². The standard InChI is InChI=1S/C11H19NO5S/c1-8-10(4-6-17-8)18(15,16)12-5-2-3-9(7-12)11(13)14/h8-10H,2-7H2,1H3,(H,13,14). The van der Waals surface area contributed by atoms with E-state index in [1.165, 1.54) is 4.31 Å². The van der Waals surface area contributed by atoms with Crippen LogP contribution in [-0.2, 0) is 19.6 Å². The van der Waals surface area contributed by atoms with Gasteiger partial charge < -0.3 is 9.84 Å². The van der Waals surface area contributed by atoms with Crippen LogP contribution in [0.4, 0.5) is 0 Å². The Morgan fingerprint density at radius 2 is 2.11 bits per heavy atom. The highest BCUT2D eigenvalue weighted by atomic mass is 32.2. The maximum absolute atomic E-state index is 12.4. The van der Waals surface area contributed by atoms with Gasteiger partial charge in [-0.3, -0.25) is 4.79 Å². The number of ether oxygens (including phenoxy) is 1. The van der Waals surface area contributed by atoms with Gasteiger partial charge in [0, 0.05) is 19.7 Å². The number of carbonyl (C=O) groups is 1. The predicted octanol–water partition coefficient (Wildman–Crippen LogP) is 0.290. The van der Waals surface area contributed by atoms with Crippen molar-refractivity contribution in [1.29, 1.82) is 0 Å². The van der Waals surface area contributed by atoms with E-state index in [1.54, 1.807) is 6.92 Å². The van der Waals surface area contributed by atoms with E-state index in [4.69, 9.17) is 9.84 Å². The van der Waals surface area contributed by atoms with Gasteiger partial charge in [-0.05, 0) is 26.2 Å². The van der Waals surface area contributed by atoms with Crippen molar-refractivity contribution in [3.05, 3.63) is 0 Å². The minimum atomic E-state index is -3.43. The summed E-state index contributed by atoms with van der Waals surface area (Å²) in [5, 5.41) is 8.47. The normalized spacial score (nSPS) is 34.6. The Balaban J connectivity index is 2.12. The van der Waals surface area contributed by atoms with Crippen LogP contribution in [0.1, 0.15) is 26.2 Å². The number of piperidine rings is 1. The fourth-order valence-electron chi connectivity index (χ4n) is 2.67. The van der Waals surface area contributed by atoms with Crippen LogP contribution in [0.2, 0.25) is 0 Å². The zero-order valence-corrected chi connectivity index (χ0v) is 11.2. The molecule has 1 N–H and O–H groups in total. The van der Waals surface area contributed by atoms with Crippen LogP contribution in [-0.4, -0.2) is 54.8 Å². The maximum Gasteiger partial charge on any atom is 0.307 e. The average Bonchev–Trinajstić information content (AvgIpc) is 2.76. The van der Waals surface area contributed by atoms with Crippen LogP contribution in [0.5, 0.6) is 0 Å². The number of carboxylic acid groups (broad SMARTS) is 1. The smallest absolute Gasteiger partial charge is 0.307 e. The van der Waals surface area contributed by atoms with E-state index in [2.05, 4.69) is 0 Å². The van der Waals surface area contributed by atoms with Crippen LogP contribution in [0, 0.1) is 5.92 Å². The van der Waals surface area contributed by atoms with Crippen molar-refractivity contribution in [3.63, 3.8) is 0 Å². The highest BCUT2D eigenvalue weighted by Crippen LogP contribution is 2.27. The molecule has 6 nitrogen and oxygen atoms in total. The average molecular weight is 277 g/mol. The molecular formula is C11H19NO5S. The van der Waals surface area contributed by atoms with Gasteiger partial charge in [0.25, 0.3) is 0 Å². The van der Waals surface area contributed by atoms with Gasteiger partial charge in [0.05, 0.1) is 12.0 Å². The quantitative estimate of drug-likeness (QED) is 0.801. The molecule has 0 bridgehead atoms. The molecule has 2 saturated heterocycles. The molecule has 0 aromatic carbocycles. The van der Waals surface area contributed by atoms with Crippen LogP contribution >= 0.6 is 0 Å². The van der Waals surface area contributed by atoms with Crippen LogP contribution < -0.4 is 0 Å². The van der Waals surface area contributed by atoms with Gasteiger partial charge in [0.2, 0.25) is 10.0 Å². The van der Waals surface area contributed by atoms with E-state index in [1.807, 2.05) is 0 Å². The molecule has 7 heteroatoms. The molecule has 104 valence electrons. The number of carboxylic acids is 1. The number of aliphatic carboxylic acids is 1. The highest BCUT2D eigenvalue weighted by molar-refractivity contribution is 7.89. The van der Waals surface area contributed by atoms with Crippen molar-refractivity contribution in [2.75, 3.05) is 19.7 Å². The minimum Gasteiger partial charge on any atom is -0.481 e. The van der Waals surface area contributed by atoms with Gasteiger partial charge in [-0.1, -0.05) is 0 Å². The molecule has 0 aliphatic carbocycles. The van der Waals surface area contributed by atoms with E-state index in [0.29, 0.717) is 32.4 Å². The molecule has 3 unspecified atom stereocenters. The van der Waals surface area contributed by atoms with Crippen LogP contribution in [0.25, 0.3) is 0 Å². The first kappa shape index (κ1) is 13.8. The third-order valence-electron chi connectivity index (χ3n) is 3.78. The lowest BCUT2D eigenvalue weighted by molar-refractivity contribution is -0.142. The molecule has 0 aromatic heterocycles. The molecule has 18 heavy (non-hydrogen) atoms. The van der Waals surface area contributed by atoms with Crippen molar-refractivity contribution >= 4 is 16.0 Å². The van der Waals surface area contributed by atoms with E-state index in [9.17, 15) is 13.2 Å². The molecule has 0 radical (unpaired) electrons. The van der Waals surface area contributed by atoms with Gasteiger partial charge in [-0.25, -0.2) is 12.7 Å². The Bertz CT molecular complexity index is 421. The van der Waals surface area contributed by atoms with E-state index in [0.717, 1.165) is 0 Å². The molecule has 3 atom stereocenters. The fraction of sp³-hybridized carbons (Fsp3) is 0.909. The lowest BCUT2D eigenvalue weighted by Gasteiger charge is -2.32. The zero-order chi connectivity index (χ0) is 13.3. The fourth-order valence-corrected chi connectivity index (χ4v) is 4.78. The second-order valence-corrected chi connectivity index (χ2v) is 7.14. The van der Waals surface area contributed by atoms with E-state index < -0.39 is 27.2 Å². The Morgan fingerprint density at radius 3 is 2.67 bits per heavy atom. The van der Waals surface area contributed by atoms with E-state index in [-0.39, 0.29) is 12.6 Å². The number of nitrogens with zero attached hydrogens (tertiary/aromatic N) is 1. The molecule has 2 fully saturated rings. The summed E-state index contributed by atoms with van der Waals surface area (Å²) in [6.45, 7) is 2.74. The Labute approximate surface area is 107 Å². The van der Waals surface area contributed by atoms with Gasteiger partial charge in [0.15, 0.2) is 0 Å². The van der Waals surface area contributed by atoms with Crippen molar-refractivity contribution in [1.82, 2.24) is 4.31 Å². The Hall–Kier alpha value is -0.660. The predicted molar refractivity (Wildman–Crippen MR) is 64.7 cm³/mol. The van der Waals surface area contributed by atoms with Crippen molar-refractivity contribution in [2.24, 2.45) is 5.92 Å². The largest absolute Gasteiger partial charge is 0.481 e. The molecule has 0 aromatic rings. The first-order chi connectivity index (χ1) is 8.43. The van der Waals surface area contributed by atoms with Crippen molar-refractivity contribution in [2.45, 2.75) is 37.5 Å². The SMILES string of the molecule is CC1OCCC1S(=O)(=O)N1CCCC(C(=O)O)C1. The summed E-state index contributed by atoms with van der Waals surface area (Å²) in [4.78, 5) is 11.0. The summed E-state index contributed by atoms with van der Waals surface area (Å²) in [7, 11) is -3.43. The van der Waals surface area contributed by atoms with Crippen molar-refractivity contribution in [3.8, 4) is 0 Å². The van der Waals surface area contributed by atoms with Crippen LogP contribution in [0.15, 0.2) is 0 Å². The minimum absolute atomic E-state index is 0.0981. The van der Waals surface area contributed by atoms with Gasteiger partial charge in [-0.15, -0.1) is 0 Å². The second-order valence-electron chi connectivity index (χ2n) is 4.98. The number of rotatable bonds is 3. The first-order valence-corrected chi connectivity index (χ1v) is 7.76. The Kier molecular flexibility index (Phi) is 3.93. The number of hydrogen-bond donors (Lipinski definition) is 1. The third kappa shape index (κ3) is 2.53. The Morgan fingerprint density at radius 1 is 1.39 bits per heavy atom. The summed E-state index contributed by atoms with van der Waals surface area (Å²) in [5.41, 5.74) is 0. The molecule has 2 aliphatic rings. The molecule has 0 amide bonds. The summed E-state index contributed by atoms with van der Waals surface area (Å²) < 4.78 is 31.5. The molecule has 0 saturated carbocycles. The molecule has 2 heterocycles. The summed E-state index contributed by atoms with van der Waals surface area (Å²) in [6.07, 6.45) is 1.36. The van der Waals surface area contributed by atoms with E-state index >= 15 is 0 Å². The topological polar surface area (TPSA) is 83.9 Å². The second kappa shape index (κ2) is 5.14. The molecule has 2 rings (SSSR count). The molecule has 2 aliphatic heterocycles. The summed E-state index contributed by atoms with van der Waals surface area (Å²) in [5.74, 6) is -1.49. The first-order valence-electron chi connectivity index (χ1n) is 6.26. The van der Waals surface area contributed by atoms with Gasteiger partial charge in [0.1, 0.15) is 5.25 Å². The summed E-state index contributed by atoms with van der Waals surface area (Å²) >= 11 is 0. The maximum atomic E-state index is 12.4. The van der Waals surface area contributed by atoms with Crippen molar-refractivity contribution < 1.29 is 23.1 Å². The lowest BCUT2D eigenvalue weighted by Crippen LogP contribution is -2.47. The molecular weight excluding hydrogens is 258 g/mol. The monoisotopic (exact) mass is 277 g/mol. The number of sulfonamides is 1. The third-order valence-corrected chi connectivity index (χ3v) is 6.22. The zero-order valence-electron chi connectivity index (χ0n) is 10.4. The lowest BCUT2D eigenvalue weighted by atomic mass is 10.0. The number of hydrogen-bond acceptors (Lipinski definition) is 4. The van der Waals surface area contributed by atoms with Crippen LogP contribution in [0.3, 0.4) is 0 Å². The molecule has 0 spiro atoms. The summed E-state index contributed by atoms with van der Waals surface area (Å²) in [6, 6.07) is 0. The van der Waals surface area contributed by atoms with Gasteiger partial charge >= 0.3 is 5.97 Å². The highest BCUT2D eigenvalue weighted by Gasteiger charge is 2.42.